The fourth-order valence-electron chi connectivity index (χ4n) is 1.36. The lowest BCUT2D eigenvalue weighted by Crippen LogP contribution is -1.93. The van der Waals surface area contributed by atoms with Crippen molar-refractivity contribution in [3.63, 3.8) is 0 Å². The molecule has 1 aromatic heterocycles. The zero-order valence-corrected chi connectivity index (χ0v) is 8.73. The standard InChI is InChI=1S/C9H7N3O2S/c1-5-6-2-8(12(13)14)9(15)3-7(6)11-4-10-5/h2-4,15H,1H3. The maximum atomic E-state index is 10.7. The Labute approximate surface area is 90.7 Å². The van der Waals surface area contributed by atoms with Gasteiger partial charge in [0.25, 0.3) is 5.69 Å². The molecule has 0 unspecified atom stereocenters. The number of nitro benzene ring substituents is 1. The van der Waals surface area contributed by atoms with Crippen molar-refractivity contribution in [3.8, 4) is 0 Å². The number of nitro groups is 1. The largest absolute Gasteiger partial charge is 0.283 e. The smallest absolute Gasteiger partial charge is 0.258 e. The third-order valence-corrected chi connectivity index (χ3v) is 2.49. The molecule has 0 aliphatic rings. The molecule has 0 spiro atoms. The Bertz CT molecular complexity index is 556. The average Bonchev–Trinajstić information content (AvgIpc) is 2.16. The van der Waals surface area contributed by atoms with E-state index in [9.17, 15) is 10.1 Å². The number of nitrogens with zero attached hydrogens (tertiary/aromatic N) is 3. The minimum absolute atomic E-state index is 0.0243. The molecule has 0 aliphatic heterocycles. The van der Waals surface area contributed by atoms with Gasteiger partial charge in [0.05, 0.1) is 15.3 Å². The lowest BCUT2D eigenvalue weighted by atomic mass is 10.2. The third-order valence-electron chi connectivity index (χ3n) is 2.13. The molecule has 76 valence electrons. The maximum absolute atomic E-state index is 10.7. The van der Waals surface area contributed by atoms with Gasteiger partial charge in [0.15, 0.2) is 0 Å². The molecular formula is C9H7N3O2S. The summed E-state index contributed by atoms with van der Waals surface area (Å²) in [6.07, 6.45) is 1.43. The Kier molecular flexibility index (Phi) is 2.28. The maximum Gasteiger partial charge on any atom is 0.283 e. The molecule has 1 heterocycles. The van der Waals surface area contributed by atoms with Crippen LogP contribution in [0.4, 0.5) is 5.69 Å². The highest BCUT2D eigenvalue weighted by Gasteiger charge is 2.13. The van der Waals surface area contributed by atoms with Crippen LogP contribution >= 0.6 is 12.6 Å². The molecule has 0 atom stereocenters. The molecule has 15 heavy (non-hydrogen) atoms. The van der Waals surface area contributed by atoms with Gasteiger partial charge in [-0.2, -0.15) is 0 Å². The van der Waals surface area contributed by atoms with Gasteiger partial charge in [0, 0.05) is 17.1 Å². The molecule has 5 nitrogen and oxygen atoms in total. The first-order chi connectivity index (χ1) is 7.09. The minimum Gasteiger partial charge on any atom is -0.258 e. The highest BCUT2D eigenvalue weighted by Crippen LogP contribution is 2.28. The highest BCUT2D eigenvalue weighted by atomic mass is 32.1. The first-order valence-corrected chi connectivity index (χ1v) is 4.63. The van der Waals surface area contributed by atoms with Gasteiger partial charge in [-0.05, 0) is 13.0 Å². The van der Waals surface area contributed by atoms with E-state index in [0.717, 1.165) is 5.69 Å². The Hall–Kier alpha value is -1.69. The molecule has 0 saturated carbocycles. The number of aryl methyl sites for hydroxylation is 1. The van der Waals surface area contributed by atoms with Crippen molar-refractivity contribution in [1.82, 2.24) is 9.97 Å². The zero-order chi connectivity index (χ0) is 11.0. The number of rotatable bonds is 1. The van der Waals surface area contributed by atoms with Crippen molar-refractivity contribution >= 4 is 29.2 Å². The van der Waals surface area contributed by atoms with Crippen molar-refractivity contribution < 1.29 is 4.92 Å². The molecule has 2 aromatic rings. The number of benzene rings is 1. The monoisotopic (exact) mass is 221 g/mol. The van der Waals surface area contributed by atoms with E-state index in [-0.39, 0.29) is 5.69 Å². The Balaban J connectivity index is 2.83. The van der Waals surface area contributed by atoms with Crippen molar-refractivity contribution in [2.24, 2.45) is 0 Å². The van der Waals surface area contributed by atoms with Gasteiger partial charge >= 0.3 is 0 Å². The van der Waals surface area contributed by atoms with Gasteiger partial charge in [-0.15, -0.1) is 12.6 Å². The molecule has 0 aliphatic carbocycles. The van der Waals surface area contributed by atoms with Gasteiger partial charge in [-0.1, -0.05) is 0 Å². The topological polar surface area (TPSA) is 68.9 Å². The lowest BCUT2D eigenvalue weighted by molar-refractivity contribution is -0.387. The van der Waals surface area contributed by atoms with E-state index in [4.69, 9.17) is 0 Å². The quantitative estimate of drug-likeness (QED) is 0.455. The van der Waals surface area contributed by atoms with Crippen LogP contribution in [0.3, 0.4) is 0 Å². The van der Waals surface area contributed by atoms with Crippen molar-refractivity contribution in [1.29, 1.82) is 0 Å². The summed E-state index contributed by atoms with van der Waals surface area (Å²) in [5.74, 6) is 0. The van der Waals surface area contributed by atoms with Crippen LogP contribution in [0.2, 0.25) is 0 Å². The van der Waals surface area contributed by atoms with Crippen LogP contribution in [0.25, 0.3) is 10.9 Å². The molecule has 0 amide bonds. The van der Waals surface area contributed by atoms with Gasteiger partial charge < -0.3 is 0 Å². The van der Waals surface area contributed by atoms with Crippen LogP contribution < -0.4 is 0 Å². The molecule has 6 heteroatoms. The summed E-state index contributed by atoms with van der Waals surface area (Å²) >= 11 is 4.05. The number of hydrogen-bond acceptors (Lipinski definition) is 5. The van der Waals surface area contributed by atoms with Crippen LogP contribution in [0.15, 0.2) is 23.4 Å². The van der Waals surface area contributed by atoms with E-state index < -0.39 is 4.92 Å². The van der Waals surface area contributed by atoms with Crippen LogP contribution in [0, 0.1) is 17.0 Å². The van der Waals surface area contributed by atoms with Gasteiger partial charge in [0.1, 0.15) is 6.33 Å². The first kappa shape index (κ1) is 9.85. The molecule has 1 aromatic carbocycles. The van der Waals surface area contributed by atoms with E-state index in [1.807, 2.05) is 0 Å². The summed E-state index contributed by atoms with van der Waals surface area (Å²) in [6.45, 7) is 1.78. The van der Waals surface area contributed by atoms with Crippen LogP contribution in [-0.2, 0) is 0 Å². The second kappa shape index (κ2) is 3.47. The molecular weight excluding hydrogens is 214 g/mol. The average molecular weight is 221 g/mol. The fourth-order valence-corrected chi connectivity index (χ4v) is 1.62. The number of aromatic nitrogens is 2. The number of thiol groups is 1. The summed E-state index contributed by atoms with van der Waals surface area (Å²) in [6, 6.07) is 3.03. The second-order valence-corrected chi connectivity index (χ2v) is 3.56. The first-order valence-electron chi connectivity index (χ1n) is 4.18. The van der Waals surface area contributed by atoms with E-state index in [0.29, 0.717) is 15.8 Å². The summed E-state index contributed by atoms with van der Waals surface area (Å²) in [5.41, 5.74) is 1.36. The Morgan fingerprint density at radius 2 is 2.13 bits per heavy atom. The Morgan fingerprint density at radius 1 is 1.40 bits per heavy atom. The Morgan fingerprint density at radius 3 is 2.80 bits per heavy atom. The van der Waals surface area contributed by atoms with E-state index in [1.165, 1.54) is 12.4 Å². The van der Waals surface area contributed by atoms with Crippen molar-refractivity contribution in [2.75, 3.05) is 0 Å². The molecule has 0 N–H and O–H groups in total. The van der Waals surface area contributed by atoms with E-state index >= 15 is 0 Å². The molecule has 0 saturated heterocycles. The SMILES string of the molecule is Cc1ncnc2cc(S)c([N+](=O)[O-])cc12. The molecule has 0 fully saturated rings. The summed E-state index contributed by atoms with van der Waals surface area (Å²) in [4.78, 5) is 18.5. The van der Waals surface area contributed by atoms with Crippen molar-refractivity contribution in [3.05, 3.63) is 34.3 Å². The number of fused-ring (bicyclic) bond motifs is 1. The van der Waals surface area contributed by atoms with E-state index in [1.54, 1.807) is 13.0 Å². The summed E-state index contributed by atoms with van der Waals surface area (Å²) in [5, 5.41) is 11.4. The van der Waals surface area contributed by atoms with E-state index in [2.05, 4.69) is 22.6 Å². The fraction of sp³-hybridized carbons (Fsp3) is 0.111. The predicted octanol–water partition coefficient (Wildman–Crippen LogP) is 2.14. The minimum atomic E-state index is -0.464. The zero-order valence-electron chi connectivity index (χ0n) is 7.84. The highest BCUT2D eigenvalue weighted by molar-refractivity contribution is 7.80. The van der Waals surface area contributed by atoms with Gasteiger partial charge in [-0.25, -0.2) is 9.97 Å². The van der Waals surface area contributed by atoms with Crippen LogP contribution in [0.1, 0.15) is 5.69 Å². The molecule has 0 radical (unpaired) electrons. The molecule has 0 bridgehead atoms. The normalized spacial score (nSPS) is 10.5. The van der Waals surface area contributed by atoms with Crippen LogP contribution in [0.5, 0.6) is 0 Å². The third kappa shape index (κ3) is 1.63. The number of hydrogen-bond donors (Lipinski definition) is 1. The summed E-state index contributed by atoms with van der Waals surface area (Å²) < 4.78 is 0. The lowest BCUT2D eigenvalue weighted by Gasteiger charge is -2.01. The second-order valence-electron chi connectivity index (χ2n) is 3.07. The van der Waals surface area contributed by atoms with Crippen LogP contribution in [-0.4, -0.2) is 14.9 Å². The predicted molar refractivity (Wildman–Crippen MR) is 58.2 cm³/mol. The summed E-state index contributed by atoms with van der Waals surface area (Å²) in [7, 11) is 0. The van der Waals surface area contributed by atoms with Gasteiger partial charge in [0.2, 0.25) is 0 Å². The van der Waals surface area contributed by atoms with Crippen molar-refractivity contribution in [2.45, 2.75) is 11.8 Å². The molecule has 2 rings (SSSR count). The van der Waals surface area contributed by atoms with Gasteiger partial charge in [-0.3, -0.25) is 10.1 Å².